The fraction of sp³-hybridized carbons (Fsp3) is 0.600. The van der Waals surface area contributed by atoms with E-state index in [1.807, 2.05) is 6.07 Å². The van der Waals surface area contributed by atoms with Gasteiger partial charge < -0.3 is 10.4 Å². The van der Waals surface area contributed by atoms with Crippen LogP contribution in [0, 0.1) is 5.92 Å². The molecule has 1 aliphatic carbocycles. The topological polar surface area (TPSA) is 32.3 Å². The molecule has 1 aliphatic rings. The summed E-state index contributed by atoms with van der Waals surface area (Å²) in [7, 11) is 0. The molecule has 17 heavy (non-hydrogen) atoms. The maximum absolute atomic E-state index is 9.86. The van der Waals surface area contributed by atoms with Crippen molar-refractivity contribution in [2.45, 2.75) is 44.8 Å². The third-order valence-corrected chi connectivity index (χ3v) is 3.73. The highest BCUT2D eigenvalue weighted by molar-refractivity contribution is 5.14. The van der Waals surface area contributed by atoms with Crippen molar-refractivity contribution in [3.63, 3.8) is 0 Å². The normalized spacial score (nSPS) is 24.8. The van der Waals surface area contributed by atoms with E-state index in [0.29, 0.717) is 5.92 Å². The lowest BCUT2D eigenvalue weighted by molar-refractivity contribution is 0.0654. The monoisotopic (exact) mass is 233 g/mol. The zero-order valence-corrected chi connectivity index (χ0v) is 10.4. The average molecular weight is 233 g/mol. The van der Waals surface area contributed by atoms with Gasteiger partial charge >= 0.3 is 0 Å². The summed E-state index contributed by atoms with van der Waals surface area (Å²) in [6.45, 7) is 1.94. The Kier molecular flexibility index (Phi) is 5.02. The van der Waals surface area contributed by atoms with E-state index in [0.717, 1.165) is 25.9 Å². The highest BCUT2D eigenvalue weighted by Crippen LogP contribution is 2.26. The van der Waals surface area contributed by atoms with Gasteiger partial charge in [-0.05, 0) is 37.3 Å². The summed E-state index contributed by atoms with van der Waals surface area (Å²) in [5.41, 5.74) is 1.33. The molecule has 0 amide bonds. The summed E-state index contributed by atoms with van der Waals surface area (Å²) in [6.07, 6.45) is 5.75. The third-order valence-electron chi connectivity index (χ3n) is 3.73. The molecule has 1 saturated carbocycles. The van der Waals surface area contributed by atoms with E-state index in [1.54, 1.807) is 0 Å². The fourth-order valence-corrected chi connectivity index (χ4v) is 2.64. The van der Waals surface area contributed by atoms with E-state index in [1.165, 1.54) is 24.8 Å². The lowest BCUT2D eigenvalue weighted by Crippen LogP contribution is -2.28. The molecule has 0 bridgehead atoms. The minimum atomic E-state index is -0.0534. The molecule has 0 saturated heterocycles. The first-order valence-corrected chi connectivity index (χ1v) is 6.79. The SMILES string of the molecule is OC1CCCCC1CCNCc1ccccc1. The van der Waals surface area contributed by atoms with Crippen LogP contribution in [-0.2, 0) is 6.54 Å². The molecule has 1 fully saturated rings. The van der Waals surface area contributed by atoms with Gasteiger partial charge in [0.05, 0.1) is 6.10 Å². The second-order valence-corrected chi connectivity index (χ2v) is 5.06. The summed E-state index contributed by atoms with van der Waals surface area (Å²) in [6, 6.07) is 10.5. The molecule has 2 rings (SSSR count). The summed E-state index contributed by atoms with van der Waals surface area (Å²) in [5.74, 6) is 0.520. The standard InChI is InChI=1S/C15H23NO/c17-15-9-5-4-8-14(15)10-11-16-12-13-6-2-1-3-7-13/h1-3,6-7,14-17H,4-5,8-12H2. The number of benzene rings is 1. The van der Waals surface area contributed by atoms with Crippen molar-refractivity contribution >= 4 is 0 Å². The Balaban J connectivity index is 1.63. The summed E-state index contributed by atoms with van der Waals surface area (Å²) in [4.78, 5) is 0. The molecule has 94 valence electrons. The largest absolute Gasteiger partial charge is 0.393 e. The molecule has 2 atom stereocenters. The molecular weight excluding hydrogens is 210 g/mol. The molecule has 0 aliphatic heterocycles. The molecule has 0 radical (unpaired) electrons. The van der Waals surface area contributed by atoms with Gasteiger partial charge in [0.15, 0.2) is 0 Å². The Bertz CT molecular complexity index is 312. The second-order valence-electron chi connectivity index (χ2n) is 5.06. The molecule has 2 nitrogen and oxygen atoms in total. The van der Waals surface area contributed by atoms with Crippen LogP contribution in [-0.4, -0.2) is 17.8 Å². The van der Waals surface area contributed by atoms with E-state index in [9.17, 15) is 5.11 Å². The van der Waals surface area contributed by atoms with Crippen molar-refractivity contribution in [1.29, 1.82) is 0 Å². The van der Waals surface area contributed by atoms with Crippen LogP contribution in [0.3, 0.4) is 0 Å². The number of aliphatic hydroxyl groups is 1. The van der Waals surface area contributed by atoms with Crippen LogP contribution in [0.5, 0.6) is 0 Å². The van der Waals surface area contributed by atoms with E-state index in [2.05, 4.69) is 29.6 Å². The van der Waals surface area contributed by atoms with Gasteiger partial charge in [-0.25, -0.2) is 0 Å². The third kappa shape index (κ3) is 4.14. The molecule has 1 aromatic carbocycles. The van der Waals surface area contributed by atoms with Gasteiger partial charge in [0, 0.05) is 6.54 Å². The Hall–Kier alpha value is -0.860. The van der Waals surface area contributed by atoms with Gasteiger partial charge in [-0.2, -0.15) is 0 Å². The van der Waals surface area contributed by atoms with Gasteiger partial charge in [0.2, 0.25) is 0 Å². The first kappa shape index (κ1) is 12.6. The summed E-state index contributed by atoms with van der Waals surface area (Å²) in [5, 5.41) is 13.3. The average Bonchev–Trinajstić information content (AvgIpc) is 2.38. The van der Waals surface area contributed by atoms with Crippen LogP contribution in [0.25, 0.3) is 0 Å². The van der Waals surface area contributed by atoms with Crippen LogP contribution in [0.4, 0.5) is 0 Å². The summed E-state index contributed by atoms with van der Waals surface area (Å²) < 4.78 is 0. The van der Waals surface area contributed by atoms with Gasteiger partial charge in [-0.1, -0.05) is 43.2 Å². The van der Waals surface area contributed by atoms with Crippen LogP contribution < -0.4 is 5.32 Å². The van der Waals surface area contributed by atoms with Crippen molar-refractivity contribution in [1.82, 2.24) is 5.32 Å². The zero-order valence-electron chi connectivity index (χ0n) is 10.4. The van der Waals surface area contributed by atoms with E-state index in [-0.39, 0.29) is 6.10 Å². The fourth-order valence-electron chi connectivity index (χ4n) is 2.64. The Morgan fingerprint density at radius 3 is 2.65 bits per heavy atom. The van der Waals surface area contributed by atoms with Crippen molar-refractivity contribution in [2.24, 2.45) is 5.92 Å². The van der Waals surface area contributed by atoms with Crippen molar-refractivity contribution < 1.29 is 5.11 Å². The number of rotatable bonds is 5. The number of hydrogen-bond acceptors (Lipinski definition) is 2. The molecule has 0 aromatic heterocycles. The molecule has 0 spiro atoms. The highest BCUT2D eigenvalue weighted by Gasteiger charge is 2.21. The van der Waals surface area contributed by atoms with Crippen molar-refractivity contribution in [3.8, 4) is 0 Å². The van der Waals surface area contributed by atoms with Crippen LogP contribution in [0.1, 0.15) is 37.7 Å². The summed E-state index contributed by atoms with van der Waals surface area (Å²) >= 11 is 0. The predicted molar refractivity (Wildman–Crippen MR) is 70.7 cm³/mol. The minimum absolute atomic E-state index is 0.0534. The van der Waals surface area contributed by atoms with Gasteiger partial charge in [-0.15, -0.1) is 0 Å². The molecule has 2 N–H and O–H groups in total. The molecule has 1 aromatic rings. The van der Waals surface area contributed by atoms with Gasteiger partial charge in [0.1, 0.15) is 0 Å². The Labute approximate surface area is 104 Å². The molecular formula is C15H23NO. The number of hydrogen-bond donors (Lipinski definition) is 2. The Morgan fingerprint density at radius 2 is 1.88 bits per heavy atom. The quantitative estimate of drug-likeness (QED) is 0.766. The highest BCUT2D eigenvalue weighted by atomic mass is 16.3. The van der Waals surface area contributed by atoms with Crippen molar-refractivity contribution in [3.05, 3.63) is 35.9 Å². The number of nitrogens with one attached hydrogen (secondary N) is 1. The lowest BCUT2D eigenvalue weighted by Gasteiger charge is -2.27. The maximum Gasteiger partial charge on any atom is 0.0568 e. The second kappa shape index (κ2) is 6.77. The van der Waals surface area contributed by atoms with Crippen molar-refractivity contribution in [2.75, 3.05) is 6.54 Å². The number of aliphatic hydroxyl groups excluding tert-OH is 1. The lowest BCUT2D eigenvalue weighted by atomic mass is 9.84. The van der Waals surface area contributed by atoms with E-state index < -0.39 is 0 Å². The van der Waals surface area contributed by atoms with Gasteiger partial charge in [0.25, 0.3) is 0 Å². The van der Waals surface area contributed by atoms with Crippen LogP contribution in [0.15, 0.2) is 30.3 Å². The minimum Gasteiger partial charge on any atom is -0.393 e. The predicted octanol–water partition coefficient (Wildman–Crippen LogP) is 2.72. The smallest absolute Gasteiger partial charge is 0.0568 e. The Morgan fingerprint density at radius 1 is 1.12 bits per heavy atom. The van der Waals surface area contributed by atoms with Gasteiger partial charge in [-0.3, -0.25) is 0 Å². The van der Waals surface area contributed by atoms with E-state index >= 15 is 0 Å². The maximum atomic E-state index is 9.86. The first-order chi connectivity index (χ1) is 8.36. The van der Waals surface area contributed by atoms with Crippen LogP contribution >= 0.6 is 0 Å². The molecule has 0 heterocycles. The first-order valence-electron chi connectivity index (χ1n) is 6.79. The zero-order chi connectivity index (χ0) is 11.9. The molecule has 2 heteroatoms. The van der Waals surface area contributed by atoms with Crippen LogP contribution in [0.2, 0.25) is 0 Å². The van der Waals surface area contributed by atoms with E-state index in [4.69, 9.17) is 0 Å². The molecule has 2 unspecified atom stereocenters.